The number of aryl methyl sites for hydroxylation is 1. The standard InChI is InChI=1S/C19H15ClF3N3O/c20-16-5-2-1-4-13(16)6-9-18(27)25-17-8-7-14(26-11-3-10-24-26)12-15(17)19(21,22)23/h1-5,7-8,10-12H,6,9H2,(H,25,27). The first-order valence-corrected chi connectivity index (χ1v) is 8.47. The van der Waals surface area contributed by atoms with Gasteiger partial charge in [0.25, 0.3) is 0 Å². The Balaban J connectivity index is 1.77. The van der Waals surface area contributed by atoms with Gasteiger partial charge in [-0.3, -0.25) is 4.79 Å². The van der Waals surface area contributed by atoms with E-state index >= 15 is 0 Å². The number of halogens is 4. The lowest BCUT2D eigenvalue weighted by molar-refractivity contribution is -0.137. The molecule has 8 heteroatoms. The fourth-order valence-electron chi connectivity index (χ4n) is 2.60. The molecule has 1 heterocycles. The van der Waals surface area contributed by atoms with E-state index < -0.39 is 17.6 Å². The molecule has 0 bridgehead atoms. The molecule has 4 nitrogen and oxygen atoms in total. The van der Waals surface area contributed by atoms with Gasteiger partial charge in [0.1, 0.15) is 0 Å². The third kappa shape index (κ3) is 4.68. The summed E-state index contributed by atoms with van der Waals surface area (Å²) in [5, 5.41) is 6.79. The van der Waals surface area contributed by atoms with Gasteiger partial charge in [-0.1, -0.05) is 29.8 Å². The topological polar surface area (TPSA) is 46.9 Å². The lowest BCUT2D eigenvalue weighted by Crippen LogP contribution is -2.17. The van der Waals surface area contributed by atoms with E-state index in [1.165, 1.54) is 29.2 Å². The van der Waals surface area contributed by atoms with E-state index in [4.69, 9.17) is 11.6 Å². The highest BCUT2D eigenvalue weighted by Gasteiger charge is 2.34. The number of nitrogens with zero attached hydrogens (tertiary/aromatic N) is 2. The molecule has 0 aliphatic rings. The van der Waals surface area contributed by atoms with E-state index in [2.05, 4.69) is 10.4 Å². The number of nitrogens with one attached hydrogen (secondary N) is 1. The van der Waals surface area contributed by atoms with Crippen LogP contribution >= 0.6 is 11.6 Å². The third-order valence-corrected chi connectivity index (χ3v) is 4.30. The van der Waals surface area contributed by atoms with Gasteiger partial charge < -0.3 is 5.32 Å². The molecule has 27 heavy (non-hydrogen) atoms. The first-order valence-electron chi connectivity index (χ1n) is 8.09. The molecule has 0 unspecified atom stereocenters. The summed E-state index contributed by atoms with van der Waals surface area (Å²) in [7, 11) is 0. The molecule has 1 N–H and O–H groups in total. The molecule has 0 aliphatic heterocycles. The summed E-state index contributed by atoms with van der Waals surface area (Å²) in [6.45, 7) is 0. The normalized spacial score (nSPS) is 11.4. The molecule has 0 spiro atoms. The molecule has 2 aromatic carbocycles. The SMILES string of the molecule is O=C(CCc1ccccc1Cl)Nc1ccc(-n2cccn2)cc1C(F)(F)F. The molecule has 0 saturated heterocycles. The largest absolute Gasteiger partial charge is 0.418 e. The molecule has 0 atom stereocenters. The van der Waals surface area contributed by atoms with Crippen LogP contribution in [0.25, 0.3) is 5.69 Å². The fourth-order valence-corrected chi connectivity index (χ4v) is 2.83. The summed E-state index contributed by atoms with van der Waals surface area (Å²) in [6.07, 6.45) is -1.26. The Bertz CT molecular complexity index is 940. The van der Waals surface area contributed by atoms with Crippen molar-refractivity contribution in [2.45, 2.75) is 19.0 Å². The fraction of sp³-hybridized carbons (Fsp3) is 0.158. The number of amides is 1. The maximum atomic E-state index is 13.4. The zero-order chi connectivity index (χ0) is 19.4. The zero-order valence-electron chi connectivity index (χ0n) is 14.0. The summed E-state index contributed by atoms with van der Waals surface area (Å²) in [5.41, 5.74) is -0.204. The minimum atomic E-state index is -4.62. The number of hydrogen-bond acceptors (Lipinski definition) is 2. The van der Waals surface area contributed by atoms with Crippen LogP contribution < -0.4 is 5.32 Å². The van der Waals surface area contributed by atoms with E-state index in [1.807, 2.05) is 0 Å². The number of hydrogen-bond donors (Lipinski definition) is 1. The second kappa shape index (κ2) is 7.84. The minimum absolute atomic E-state index is 0.0158. The summed E-state index contributed by atoms with van der Waals surface area (Å²) in [6, 6.07) is 12.3. The van der Waals surface area contributed by atoms with Gasteiger partial charge in [-0.2, -0.15) is 18.3 Å². The Labute approximate surface area is 158 Å². The highest BCUT2D eigenvalue weighted by molar-refractivity contribution is 6.31. The highest BCUT2D eigenvalue weighted by atomic mass is 35.5. The number of aromatic nitrogens is 2. The molecule has 3 rings (SSSR count). The predicted molar refractivity (Wildman–Crippen MR) is 97.0 cm³/mol. The summed E-state index contributed by atoms with van der Waals surface area (Å²) < 4.78 is 41.6. The van der Waals surface area contributed by atoms with E-state index in [9.17, 15) is 18.0 Å². The Kier molecular flexibility index (Phi) is 5.51. The van der Waals surface area contributed by atoms with Crippen molar-refractivity contribution in [3.63, 3.8) is 0 Å². The zero-order valence-corrected chi connectivity index (χ0v) is 14.8. The van der Waals surface area contributed by atoms with E-state index in [0.29, 0.717) is 11.4 Å². The molecular weight excluding hydrogens is 379 g/mol. The lowest BCUT2D eigenvalue weighted by Gasteiger charge is -2.15. The van der Waals surface area contributed by atoms with Crippen LogP contribution in [0.1, 0.15) is 17.5 Å². The predicted octanol–water partition coefficient (Wildman–Crippen LogP) is 5.12. The number of anilines is 1. The molecule has 0 radical (unpaired) electrons. The van der Waals surface area contributed by atoms with Gasteiger partial charge in [0.05, 0.1) is 16.9 Å². The summed E-state index contributed by atoms with van der Waals surface area (Å²) in [4.78, 5) is 12.2. The van der Waals surface area contributed by atoms with Gasteiger partial charge in [0, 0.05) is 23.8 Å². The maximum absolute atomic E-state index is 13.4. The molecule has 0 saturated carbocycles. The van der Waals surface area contributed by atoms with E-state index in [1.54, 1.807) is 30.3 Å². The number of carbonyl (C=O) groups is 1. The molecule has 0 fully saturated rings. The number of alkyl halides is 3. The van der Waals surface area contributed by atoms with Crippen molar-refractivity contribution in [2.24, 2.45) is 0 Å². The van der Waals surface area contributed by atoms with Crippen LogP contribution in [0, 0.1) is 0 Å². The molecular formula is C19H15ClF3N3O. The van der Waals surface area contributed by atoms with Crippen LogP contribution in [0.15, 0.2) is 60.9 Å². The summed E-state index contributed by atoms with van der Waals surface area (Å²) in [5.74, 6) is -0.521. The highest BCUT2D eigenvalue weighted by Crippen LogP contribution is 2.36. The van der Waals surface area contributed by atoms with Crippen molar-refractivity contribution in [3.05, 3.63) is 77.1 Å². The average molecular weight is 394 g/mol. The van der Waals surface area contributed by atoms with Gasteiger partial charge in [-0.05, 0) is 42.3 Å². The van der Waals surface area contributed by atoms with Crippen LogP contribution in [-0.2, 0) is 17.4 Å². The Morgan fingerprint density at radius 2 is 1.93 bits per heavy atom. The minimum Gasteiger partial charge on any atom is -0.325 e. The smallest absolute Gasteiger partial charge is 0.325 e. The number of rotatable bonds is 5. The van der Waals surface area contributed by atoms with Crippen molar-refractivity contribution in [1.29, 1.82) is 0 Å². The van der Waals surface area contributed by atoms with Gasteiger partial charge in [0.15, 0.2) is 0 Å². The molecule has 140 valence electrons. The van der Waals surface area contributed by atoms with Gasteiger partial charge in [0.2, 0.25) is 5.91 Å². The Hall–Kier alpha value is -2.80. The summed E-state index contributed by atoms with van der Waals surface area (Å²) >= 11 is 6.03. The van der Waals surface area contributed by atoms with E-state index in [-0.39, 0.29) is 17.8 Å². The lowest BCUT2D eigenvalue weighted by atomic mass is 10.1. The molecule has 1 amide bonds. The second-order valence-corrected chi connectivity index (χ2v) is 6.23. The van der Waals surface area contributed by atoms with Gasteiger partial charge in [-0.15, -0.1) is 0 Å². The van der Waals surface area contributed by atoms with Crippen molar-refractivity contribution in [1.82, 2.24) is 9.78 Å². The van der Waals surface area contributed by atoms with Gasteiger partial charge >= 0.3 is 6.18 Å². The molecule has 1 aromatic heterocycles. The third-order valence-electron chi connectivity index (χ3n) is 3.93. The van der Waals surface area contributed by atoms with Crippen molar-refractivity contribution >= 4 is 23.2 Å². The first-order chi connectivity index (χ1) is 12.8. The number of carbonyl (C=O) groups excluding carboxylic acids is 1. The van der Waals surface area contributed by atoms with Crippen molar-refractivity contribution < 1.29 is 18.0 Å². The van der Waals surface area contributed by atoms with Crippen molar-refractivity contribution in [3.8, 4) is 5.69 Å². The van der Waals surface area contributed by atoms with Crippen LogP contribution in [0.5, 0.6) is 0 Å². The first kappa shape index (κ1) is 19.0. The quantitative estimate of drug-likeness (QED) is 0.654. The monoisotopic (exact) mass is 393 g/mol. The second-order valence-electron chi connectivity index (χ2n) is 5.82. The Morgan fingerprint density at radius 3 is 2.59 bits per heavy atom. The molecule has 3 aromatic rings. The van der Waals surface area contributed by atoms with Crippen LogP contribution in [0.3, 0.4) is 0 Å². The van der Waals surface area contributed by atoms with E-state index in [0.717, 1.165) is 11.6 Å². The van der Waals surface area contributed by atoms with Crippen LogP contribution in [0.4, 0.5) is 18.9 Å². The van der Waals surface area contributed by atoms with Crippen LogP contribution in [-0.4, -0.2) is 15.7 Å². The van der Waals surface area contributed by atoms with Crippen molar-refractivity contribution in [2.75, 3.05) is 5.32 Å². The number of benzene rings is 2. The Morgan fingerprint density at radius 1 is 1.15 bits per heavy atom. The average Bonchev–Trinajstić information content (AvgIpc) is 3.15. The van der Waals surface area contributed by atoms with Gasteiger partial charge in [-0.25, -0.2) is 4.68 Å². The van der Waals surface area contributed by atoms with Crippen LogP contribution in [0.2, 0.25) is 5.02 Å². The molecule has 0 aliphatic carbocycles. The maximum Gasteiger partial charge on any atom is 0.418 e.